The van der Waals surface area contributed by atoms with Gasteiger partial charge in [-0.3, -0.25) is 9.59 Å². The number of ether oxygens (including phenoxy) is 1. The topological polar surface area (TPSA) is 110 Å². The molecular weight excluding hydrogens is 540 g/mol. The van der Waals surface area contributed by atoms with Gasteiger partial charge in [0.2, 0.25) is 11.8 Å². The number of likely N-dealkylation sites (tertiary alicyclic amines) is 1. The second-order valence-corrected chi connectivity index (χ2v) is 11.2. The molecule has 36 heavy (non-hydrogen) atoms. The number of carbonyl (C=O) groups excluding carboxylic acids is 2. The van der Waals surface area contributed by atoms with Crippen LogP contribution >= 0.6 is 15.9 Å². The molecule has 1 aliphatic heterocycles. The molecule has 196 valence electrons. The number of rotatable bonds is 8. The standard InChI is InChI=1S/C24H30BrF2N5O4/c1-24(2,3)20(32-12-17(29-30-32)13-7-8-13)22(35)31-11-15(33)9-18(31)21(34)28-10-14-5-4-6-16(25)19(14)36-23(26)27/h4-6,12-13,15,18,20,23,33H,7-11H2,1-3H3,(H,28,34)/t15-,18+,20-/m1/s1. The van der Waals surface area contributed by atoms with E-state index in [2.05, 4.69) is 36.3 Å². The van der Waals surface area contributed by atoms with E-state index in [1.807, 2.05) is 20.8 Å². The highest BCUT2D eigenvalue weighted by atomic mass is 79.9. The summed E-state index contributed by atoms with van der Waals surface area (Å²) in [5.74, 6) is -0.528. The lowest BCUT2D eigenvalue weighted by Gasteiger charge is -2.34. The highest BCUT2D eigenvalue weighted by Gasteiger charge is 2.45. The van der Waals surface area contributed by atoms with Crippen molar-refractivity contribution in [2.45, 2.75) is 77.3 Å². The summed E-state index contributed by atoms with van der Waals surface area (Å²) in [7, 11) is 0. The molecule has 3 atom stereocenters. The van der Waals surface area contributed by atoms with Gasteiger partial charge in [0.1, 0.15) is 17.8 Å². The first-order chi connectivity index (χ1) is 17.0. The van der Waals surface area contributed by atoms with Crippen molar-refractivity contribution >= 4 is 27.7 Å². The number of halogens is 3. The van der Waals surface area contributed by atoms with Gasteiger partial charge < -0.3 is 20.1 Å². The number of carbonyl (C=O) groups is 2. The zero-order chi connectivity index (χ0) is 26.2. The minimum atomic E-state index is -3.03. The first kappa shape index (κ1) is 26.5. The number of benzene rings is 1. The summed E-state index contributed by atoms with van der Waals surface area (Å²) < 4.78 is 32.2. The highest BCUT2D eigenvalue weighted by Crippen LogP contribution is 2.40. The molecule has 2 amide bonds. The predicted octanol–water partition coefficient (Wildman–Crippen LogP) is 3.38. The van der Waals surface area contributed by atoms with Crippen LogP contribution in [0.1, 0.15) is 63.3 Å². The fourth-order valence-corrected chi connectivity index (χ4v) is 5.04. The van der Waals surface area contributed by atoms with Crippen molar-refractivity contribution in [2.24, 2.45) is 5.41 Å². The maximum atomic E-state index is 13.8. The number of β-amino-alcohol motifs (C(OH)–C–C–N with tert-alkyl or cyclic N) is 1. The van der Waals surface area contributed by atoms with Gasteiger partial charge in [0.05, 0.1) is 16.3 Å². The lowest BCUT2D eigenvalue weighted by Crippen LogP contribution is -2.50. The molecule has 0 spiro atoms. The second kappa shape index (κ2) is 10.4. The van der Waals surface area contributed by atoms with E-state index < -0.39 is 36.1 Å². The number of hydrogen-bond acceptors (Lipinski definition) is 6. The van der Waals surface area contributed by atoms with Gasteiger partial charge in [0, 0.05) is 37.2 Å². The van der Waals surface area contributed by atoms with Crippen LogP contribution in [0.5, 0.6) is 5.75 Å². The van der Waals surface area contributed by atoms with Crippen molar-refractivity contribution in [1.82, 2.24) is 25.2 Å². The largest absolute Gasteiger partial charge is 0.433 e. The molecule has 1 saturated heterocycles. The van der Waals surface area contributed by atoms with Crippen molar-refractivity contribution in [3.63, 3.8) is 0 Å². The van der Waals surface area contributed by atoms with Crippen molar-refractivity contribution in [3.8, 4) is 5.75 Å². The Morgan fingerprint density at radius 1 is 1.31 bits per heavy atom. The van der Waals surface area contributed by atoms with E-state index in [4.69, 9.17) is 0 Å². The Bertz CT molecular complexity index is 1120. The molecule has 2 aromatic rings. The number of amides is 2. The van der Waals surface area contributed by atoms with Crippen LogP contribution in [-0.2, 0) is 16.1 Å². The number of aliphatic hydroxyl groups excluding tert-OH is 1. The molecule has 1 saturated carbocycles. The zero-order valence-electron chi connectivity index (χ0n) is 20.3. The number of alkyl halides is 2. The van der Waals surface area contributed by atoms with E-state index in [1.165, 1.54) is 4.90 Å². The fraction of sp³-hybridized carbons (Fsp3) is 0.583. The van der Waals surface area contributed by atoms with Crippen LogP contribution in [0.2, 0.25) is 0 Å². The number of aromatic nitrogens is 3. The molecule has 2 fully saturated rings. The van der Waals surface area contributed by atoms with Crippen LogP contribution in [-0.4, -0.2) is 62.1 Å². The molecule has 2 aliphatic rings. The SMILES string of the molecule is CC(C)(C)[C@@H](C(=O)N1C[C@H](O)C[C@H]1C(=O)NCc1cccc(Br)c1OC(F)F)n1cc(C2CC2)nn1. The van der Waals surface area contributed by atoms with Gasteiger partial charge in [-0.15, -0.1) is 5.10 Å². The summed E-state index contributed by atoms with van der Waals surface area (Å²) in [6.45, 7) is 2.62. The van der Waals surface area contributed by atoms with E-state index in [-0.39, 0.29) is 31.2 Å². The minimum absolute atomic E-state index is 0.00427. The molecule has 9 nitrogen and oxygen atoms in total. The average Bonchev–Trinajstić information content (AvgIpc) is 3.40. The van der Waals surface area contributed by atoms with Crippen molar-refractivity contribution < 1.29 is 28.2 Å². The Morgan fingerprint density at radius 2 is 2.03 bits per heavy atom. The van der Waals surface area contributed by atoms with Gasteiger partial charge >= 0.3 is 6.61 Å². The maximum absolute atomic E-state index is 13.8. The normalized spacial score (nSPS) is 21.1. The third-order valence-corrected chi connectivity index (χ3v) is 7.04. The van der Waals surface area contributed by atoms with Gasteiger partial charge in [-0.2, -0.15) is 8.78 Å². The summed E-state index contributed by atoms with van der Waals surface area (Å²) in [5.41, 5.74) is 0.652. The number of aliphatic hydroxyl groups is 1. The lowest BCUT2D eigenvalue weighted by molar-refractivity contribution is -0.144. The molecule has 2 heterocycles. The van der Waals surface area contributed by atoms with E-state index in [1.54, 1.807) is 29.1 Å². The number of para-hydroxylation sites is 1. The van der Waals surface area contributed by atoms with Gasteiger partial charge in [-0.05, 0) is 40.3 Å². The molecule has 0 bridgehead atoms. The molecule has 1 aromatic heterocycles. The van der Waals surface area contributed by atoms with Gasteiger partial charge in [-0.1, -0.05) is 38.1 Å². The Labute approximate surface area is 216 Å². The van der Waals surface area contributed by atoms with E-state index in [9.17, 15) is 23.5 Å². The summed E-state index contributed by atoms with van der Waals surface area (Å²) in [6, 6.07) is 3.11. The monoisotopic (exact) mass is 569 g/mol. The van der Waals surface area contributed by atoms with Crippen LogP contribution in [0.25, 0.3) is 0 Å². The number of nitrogens with one attached hydrogen (secondary N) is 1. The smallest absolute Gasteiger partial charge is 0.387 e. The number of nitrogens with zero attached hydrogens (tertiary/aromatic N) is 4. The number of hydrogen-bond donors (Lipinski definition) is 2. The van der Waals surface area contributed by atoms with Crippen molar-refractivity contribution in [1.29, 1.82) is 0 Å². The Morgan fingerprint density at radius 3 is 2.67 bits per heavy atom. The van der Waals surface area contributed by atoms with Gasteiger partial charge in [-0.25, -0.2) is 4.68 Å². The van der Waals surface area contributed by atoms with E-state index >= 15 is 0 Å². The van der Waals surface area contributed by atoms with Gasteiger partial charge in [0.15, 0.2) is 0 Å². The Balaban J connectivity index is 1.51. The molecule has 12 heteroatoms. The van der Waals surface area contributed by atoms with E-state index in [0.717, 1.165) is 18.5 Å². The third kappa shape index (κ3) is 5.86. The maximum Gasteiger partial charge on any atom is 0.387 e. The molecule has 1 aromatic carbocycles. The molecule has 0 radical (unpaired) electrons. The van der Waals surface area contributed by atoms with E-state index in [0.29, 0.717) is 16.0 Å². The van der Waals surface area contributed by atoms with Crippen LogP contribution in [0, 0.1) is 5.41 Å². The molecule has 1 aliphatic carbocycles. The molecule has 0 unspecified atom stereocenters. The highest BCUT2D eigenvalue weighted by molar-refractivity contribution is 9.10. The lowest BCUT2D eigenvalue weighted by atomic mass is 9.85. The van der Waals surface area contributed by atoms with Crippen LogP contribution < -0.4 is 10.1 Å². The summed E-state index contributed by atoms with van der Waals surface area (Å²) in [6.07, 6.45) is 3.10. The molecule has 4 rings (SSSR count). The van der Waals surface area contributed by atoms with Gasteiger partial charge in [0.25, 0.3) is 0 Å². The molecular formula is C24H30BrF2N5O4. The third-order valence-electron chi connectivity index (χ3n) is 6.42. The summed E-state index contributed by atoms with van der Waals surface area (Å²) in [4.78, 5) is 28.3. The summed E-state index contributed by atoms with van der Waals surface area (Å²) >= 11 is 3.19. The Hall–Kier alpha value is -2.60. The van der Waals surface area contributed by atoms with Crippen LogP contribution in [0.3, 0.4) is 0 Å². The van der Waals surface area contributed by atoms with Crippen LogP contribution in [0.15, 0.2) is 28.9 Å². The summed E-state index contributed by atoms with van der Waals surface area (Å²) in [5, 5.41) is 21.5. The average molecular weight is 570 g/mol. The minimum Gasteiger partial charge on any atom is -0.433 e. The quantitative estimate of drug-likeness (QED) is 0.504. The predicted molar refractivity (Wildman–Crippen MR) is 129 cm³/mol. The second-order valence-electron chi connectivity index (χ2n) is 10.4. The zero-order valence-corrected chi connectivity index (χ0v) is 21.9. The molecule has 2 N–H and O–H groups in total. The first-order valence-electron chi connectivity index (χ1n) is 11.9. The van der Waals surface area contributed by atoms with Crippen LogP contribution in [0.4, 0.5) is 8.78 Å². The van der Waals surface area contributed by atoms with Crippen molar-refractivity contribution in [2.75, 3.05) is 6.54 Å². The van der Waals surface area contributed by atoms with Crippen molar-refractivity contribution in [3.05, 3.63) is 40.1 Å². The fourth-order valence-electron chi connectivity index (χ4n) is 4.54. The Kier molecular flexibility index (Phi) is 7.65. The first-order valence-corrected chi connectivity index (χ1v) is 12.6.